The number of nitrogens with zero attached hydrogens (tertiary/aromatic N) is 5. The van der Waals surface area contributed by atoms with E-state index in [0.717, 1.165) is 54.4 Å². The summed E-state index contributed by atoms with van der Waals surface area (Å²) < 4.78 is 1.95. The molecule has 0 amide bonds. The Bertz CT molecular complexity index is 893. The maximum Gasteiger partial charge on any atom is 0.148 e. The number of fused-ring (bicyclic) bond motifs is 1. The van der Waals surface area contributed by atoms with Crippen molar-refractivity contribution in [3.05, 3.63) is 41.4 Å². The molecule has 0 aliphatic carbocycles. The van der Waals surface area contributed by atoms with Gasteiger partial charge in [-0.15, -0.1) is 35.0 Å². The molecule has 3 N–H and O–H groups in total. The molecule has 1 aromatic carbocycles. The fourth-order valence-corrected chi connectivity index (χ4v) is 3.43. The largest absolute Gasteiger partial charge is 0.353 e. The summed E-state index contributed by atoms with van der Waals surface area (Å²) in [6.45, 7) is 4.27. The first-order valence-corrected chi connectivity index (χ1v) is 8.79. The second kappa shape index (κ2) is 9.52. The number of nitrogens with two attached hydrogens (primary N) is 1. The lowest BCUT2D eigenvalue weighted by Crippen LogP contribution is -2.44. The highest BCUT2D eigenvalue weighted by Crippen LogP contribution is 2.29. The van der Waals surface area contributed by atoms with Crippen molar-refractivity contribution in [3.8, 4) is 5.69 Å². The van der Waals surface area contributed by atoms with E-state index in [1.165, 1.54) is 0 Å². The molecule has 27 heavy (non-hydrogen) atoms. The lowest BCUT2D eigenvalue weighted by Gasteiger charge is -2.29. The van der Waals surface area contributed by atoms with Crippen LogP contribution in [0.15, 0.2) is 30.6 Å². The number of hydrogen-bond donors (Lipinski definition) is 2. The van der Waals surface area contributed by atoms with Crippen LogP contribution in [0.3, 0.4) is 0 Å². The van der Waals surface area contributed by atoms with Crippen LogP contribution < -0.4 is 16.0 Å². The van der Waals surface area contributed by atoms with Crippen LogP contribution in [-0.4, -0.2) is 52.5 Å². The van der Waals surface area contributed by atoms with Crippen LogP contribution in [0.2, 0.25) is 5.02 Å². The second-order valence-corrected chi connectivity index (χ2v) is 6.47. The number of hydrogen-bond acceptors (Lipinski definition) is 6. The quantitative estimate of drug-likeness (QED) is 0.660. The third-order valence-electron chi connectivity index (χ3n) is 4.41. The van der Waals surface area contributed by atoms with E-state index in [4.69, 9.17) is 22.3 Å². The standard InChI is InChI=1S/C17H20ClN7.2ClH/c18-14-10-12-9-13(25-11-21-23-16(25)3-4-19)1-2-15(12)22-17(14)24-7-5-20-6-8-24;;/h1-2,9-11,20H,3-8,19H2;2*1H. The van der Waals surface area contributed by atoms with Gasteiger partial charge in [-0.25, -0.2) is 4.98 Å². The van der Waals surface area contributed by atoms with Crippen LogP contribution in [0.5, 0.6) is 0 Å². The molecule has 0 atom stereocenters. The van der Waals surface area contributed by atoms with Crippen molar-refractivity contribution in [2.75, 3.05) is 37.6 Å². The first-order chi connectivity index (χ1) is 12.3. The van der Waals surface area contributed by atoms with Crippen LogP contribution in [0.4, 0.5) is 5.82 Å². The first kappa shape index (κ1) is 21.7. The summed E-state index contributed by atoms with van der Waals surface area (Å²) in [5.41, 5.74) is 7.55. The van der Waals surface area contributed by atoms with Crippen molar-refractivity contribution in [1.82, 2.24) is 25.1 Å². The number of anilines is 1. The summed E-state index contributed by atoms with van der Waals surface area (Å²) in [5.74, 6) is 1.70. The Labute approximate surface area is 175 Å². The summed E-state index contributed by atoms with van der Waals surface area (Å²) in [6, 6.07) is 8.07. The predicted octanol–water partition coefficient (Wildman–Crippen LogP) is 2.22. The van der Waals surface area contributed by atoms with E-state index >= 15 is 0 Å². The zero-order chi connectivity index (χ0) is 17.2. The SMILES string of the molecule is Cl.Cl.NCCc1nncn1-c1ccc2nc(N3CCNCC3)c(Cl)cc2c1. The topological polar surface area (TPSA) is 84.9 Å². The molecule has 1 aliphatic heterocycles. The van der Waals surface area contributed by atoms with Crippen molar-refractivity contribution in [2.24, 2.45) is 5.73 Å². The average Bonchev–Trinajstić information content (AvgIpc) is 3.10. The number of aromatic nitrogens is 4. The number of pyridine rings is 1. The third-order valence-corrected chi connectivity index (χ3v) is 4.69. The molecule has 7 nitrogen and oxygen atoms in total. The lowest BCUT2D eigenvalue weighted by molar-refractivity contribution is 0.585. The van der Waals surface area contributed by atoms with Gasteiger partial charge in [0.25, 0.3) is 0 Å². The number of benzene rings is 1. The first-order valence-electron chi connectivity index (χ1n) is 8.41. The van der Waals surface area contributed by atoms with Crippen LogP contribution >= 0.6 is 36.4 Å². The molecule has 4 rings (SSSR count). The van der Waals surface area contributed by atoms with Gasteiger partial charge >= 0.3 is 0 Å². The second-order valence-electron chi connectivity index (χ2n) is 6.06. The van der Waals surface area contributed by atoms with Gasteiger partial charge in [-0.2, -0.15) is 0 Å². The molecule has 1 saturated heterocycles. The molecule has 3 aromatic rings. The average molecular weight is 431 g/mol. The maximum atomic E-state index is 6.52. The molecular weight excluding hydrogens is 409 g/mol. The van der Waals surface area contributed by atoms with Crippen LogP contribution in [0, 0.1) is 0 Å². The summed E-state index contributed by atoms with van der Waals surface area (Å²) in [6.07, 6.45) is 2.38. The molecule has 2 aromatic heterocycles. The van der Waals surface area contributed by atoms with Gasteiger partial charge in [-0.3, -0.25) is 4.57 Å². The van der Waals surface area contributed by atoms with Crippen molar-refractivity contribution in [3.63, 3.8) is 0 Å². The fourth-order valence-electron chi connectivity index (χ4n) is 3.15. The van der Waals surface area contributed by atoms with E-state index in [2.05, 4.69) is 26.5 Å². The molecular formula is C17H22Cl3N7. The Morgan fingerprint density at radius 3 is 2.67 bits per heavy atom. The summed E-state index contributed by atoms with van der Waals surface area (Å²) in [4.78, 5) is 7.01. The molecule has 0 unspecified atom stereocenters. The van der Waals surface area contributed by atoms with Crippen molar-refractivity contribution >= 4 is 53.1 Å². The van der Waals surface area contributed by atoms with Gasteiger partial charge in [0, 0.05) is 43.7 Å². The maximum absolute atomic E-state index is 6.52. The molecule has 0 saturated carbocycles. The number of halogens is 3. The van der Waals surface area contributed by atoms with E-state index in [-0.39, 0.29) is 24.8 Å². The number of rotatable bonds is 4. The van der Waals surface area contributed by atoms with Gasteiger partial charge in [-0.05, 0) is 30.8 Å². The Morgan fingerprint density at radius 2 is 1.93 bits per heavy atom. The molecule has 146 valence electrons. The van der Waals surface area contributed by atoms with Crippen LogP contribution in [-0.2, 0) is 6.42 Å². The van der Waals surface area contributed by atoms with Gasteiger partial charge in [0.1, 0.15) is 18.0 Å². The highest BCUT2D eigenvalue weighted by molar-refractivity contribution is 6.33. The highest BCUT2D eigenvalue weighted by Gasteiger charge is 2.16. The van der Waals surface area contributed by atoms with Gasteiger partial charge < -0.3 is 16.0 Å². The van der Waals surface area contributed by atoms with Crippen LogP contribution in [0.25, 0.3) is 16.6 Å². The third kappa shape index (κ3) is 4.44. The van der Waals surface area contributed by atoms with Crippen molar-refractivity contribution in [2.45, 2.75) is 6.42 Å². The van der Waals surface area contributed by atoms with E-state index in [1.807, 2.05) is 22.8 Å². The van der Waals surface area contributed by atoms with E-state index in [1.54, 1.807) is 6.33 Å². The van der Waals surface area contributed by atoms with Gasteiger partial charge in [0.05, 0.1) is 10.5 Å². The predicted molar refractivity (Wildman–Crippen MR) is 114 cm³/mol. The normalized spacial score (nSPS) is 13.9. The molecule has 1 aliphatic rings. The minimum atomic E-state index is 0. The van der Waals surface area contributed by atoms with E-state index < -0.39 is 0 Å². The Morgan fingerprint density at radius 1 is 1.15 bits per heavy atom. The van der Waals surface area contributed by atoms with Gasteiger partial charge in [0.15, 0.2) is 0 Å². The molecule has 0 bridgehead atoms. The van der Waals surface area contributed by atoms with Gasteiger partial charge in [0.2, 0.25) is 0 Å². The lowest BCUT2D eigenvalue weighted by atomic mass is 10.2. The molecule has 10 heteroatoms. The minimum absolute atomic E-state index is 0. The molecule has 0 radical (unpaired) electrons. The summed E-state index contributed by atoms with van der Waals surface area (Å²) in [5, 5.41) is 13.1. The monoisotopic (exact) mass is 429 g/mol. The summed E-state index contributed by atoms with van der Waals surface area (Å²) >= 11 is 6.52. The Kier molecular flexibility index (Phi) is 7.64. The summed E-state index contributed by atoms with van der Waals surface area (Å²) in [7, 11) is 0. The Balaban J connectivity index is 0.00000131. The van der Waals surface area contributed by atoms with Crippen LogP contribution in [0.1, 0.15) is 5.82 Å². The van der Waals surface area contributed by atoms with E-state index in [0.29, 0.717) is 18.0 Å². The smallest absolute Gasteiger partial charge is 0.148 e. The molecule has 0 spiro atoms. The van der Waals surface area contributed by atoms with Crippen molar-refractivity contribution in [1.29, 1.82) is 0 Å². The fraction of sp³-hybridized carbons (Fsp3) is 0.353. The minimum Gasteiger partial charge on any atom is -0.353 e. The van der Waals surface area contributed by atoms with E-state index in [9.17, 15) is 0 Å². The highest BCUT2D eigenvalue weighted by atomic mass is 35.5. The molecule has 1 fully saturated rings. The number of piperazine rings is 1. The zero-order valence-electron chi connectivity index (χ0n) is 14.6. The van der Waals surface area contributed by atoms with Gasteiger partial charge in [-0.1, -0.05) is 11.6 Å². The zero-order valence-corrected chi connectivity index (χ0v) is 17.0. The number of nitrogens with one attached hydrogen (secondary N) is 1. The molecule has 3 heterocycles. The Hall–Kier alpha value is -1.64. The van der Waals surface area contributed by atoms with Crippen molar-refractivity contribution < 1.29 is 0 Å².